The van der Waals surface area contributed by atoms with Crippen LogP contribution in [-0.4, -0.2) is 28.9 Å². The molecule has 0 N–H and O–H groups in total. The van der Waals surface area contributed by atoms with Gasteiger partial charge in [-0.2, -0.15) is 0 Å². The van der Waals surface area contributed by atoms with Gasteiger partial charge in [0.05, 0.1) is 6.42 Å². The first kappa shape index (κ1) is 17.5. The van der Waals surface area contributed by atoms with Crippen LogP contribution < -0.4 is 0 Å². The second-order valence-electron chi connectivity index (χ2n) is 6.91. The minimum absolute atomic E-state index is 0.0953. The van der Waals surface area contributed by atoms with Gasteiger partial charge in [0.15, 0.2) is 0 Å². The number of benzene rings is 1. The van der Waals surface area contributed by atoms with Gasteiger partial charge in [-0.1, -0.05) is 0 Å². The highest BCUT2D eigenvalue weighted by atomic mass is 19.1. The van der Waals surface area contributed by atoms with Gasteiger partial charge in [-0.05, 0) is 68.0 Å². The maximum atomic E-state index is 13.3. The minimum Gasteiger partial charge on any atom is -0.342 e. The summed E-state index contributed by atoms with van der Waals surface area (Å²) in [5, 5.41) is 0. The Labute approximate surface area is 146 Å². The molecule has 132 valence electrons. The number of aromatic nitrogens is 1. The van der Waals surface area contributed by atoms with Crippen LogP contribution in [0.3, 0.4) is 0 Å². The van der Waals surface area contributed by atoms with Crippen molar-refractivity contribution in [2.75, 3.05) is 13.1 Å². The van der Waals surface area contributed by atoms with E-state index in [0.29, 0.717) is 31.5 Å². The number of carbonyl (C=O) groups excluding carboxylic acids is 1. The first-order chi connectivity index (χ1) is 11.9. The zero-order chi connectivity index (χ0) is 18.0. The lowest BCUT2D eigenvalue weighted by Crippen LogP contribution is -2.30. The lowest BCUT2D eigenvalue weighted by molar-refractivity contribution is -0.129. The molecule has 1 fully saturated rings. The maximum Gasteiger partial charge on any atom is 0.227 e. The molecule has 3 nitrogen and oxygen atoms in total. The van der Waals surface area contributed by atoms with Crippen LogP contribution in [0, 0.1) is 31.4 Å². The molecular weight excluding hydrogens is 322 g/mol. The highest BCUT2D eigenvalue weighted by Crippen LogP contribution is 2.23. The number of halogens is 2. The number of rotatable bonds is 4. The molecule has 0 aliphatic carbocycles. The minimum atomic E-state index is -0.552. The first-order valence-electron chi connectivity index (χ1n) is 8.56. The summed E-state index contributed by atoms with van der Waals surface area (Å²) in [6.07, 6.45) is 1.82. The SMILES string of the molecule is Cc1cc(CC(=O)N2CCC(Cc3cc(F)cc(F)c3)C2)cc(C)n1. The van der Waals surface area contributed by atoms with Crippen molar-refractivity contribution >= 4 is 5.91 Å². The monoisotopic (exact) mass is 344 g/mol. The third-order valence-corrected chi connectivity index (χ3v) is 4.58. The Kier molecular flexibility index (Phi) is 5.11. The van der Waals surface area contributed by atoms with Gasteiger partial charge in [0.2, 0.25) is 5.91 Å². The normalized spacial score (nSPS) is 17.1. The van der Waals surface area contributed by atoms with Crippen molar-refractivity contribution in [3.8, 4) is 0 Å². The smallest absolute Gasteiger partial charge is 0.227 e. The number of carbonyl (C=O) groups is 1. The van der Waals surface area contributed by atoms with E-state index in [0.717, 1.165) is 29.4 Å². The van der Waals surface area contributed by atoms with Crippen molar-refractivity contribution in [3.63, 3.8) is 0 Å². The molecule has 1 atom stereocenters. The predicted molar refractivity (Wildman–Crippen MR) is 92.2 cm³/mol. The summed E-state index contributed by atoms with van der Waals surface area (Å²) >= 11 is 0. The predicted octanol–water partition coefficient (Wildman–Crippen LogP) is 3.61. The molecule has 1 unspecified atom stereocenters. The number of aryl methyl sites for hydroxylation is 2. The summed E-state index contributed by atoms with van der Waals surface area (Å²) in [7, 11) is 0. The molecule has 0 radical (unpaired) electrons. The standard InChI is InChI=1S/C20H22F2N2O/c1-13-5-16(6-14(2)23-13)10-20(25)24-4-3-15(12-24)7-17-8-18(21)11-19(22)9-17/h5-6,8-9,11,15H,3-4,7,10,12H2,1-2H3. The Morgan fingerprint density at radius 2 is 1.72 bits per heavy atom. The third-order valence-electron chi connectivity index (χ3n) is 4.58. The van der Waals surface area contributed by atoms with Crippen LogP contribution in [0.5, 0.6) is 0 Å². The van der Waals surface area contributed by atoms with Crippen LogP contribution in [0.4, 0.5) is 8.78 Å². The Bertz CT molecular complexity index is 751. The largest absolute Gasteiger partial charge is 0.342 e. The van der Waals surface area contributed by atoms with Gasteiger partial charge in [0, 0.05) is 30.5 Å². The Hall–Kier alpha value is -2.30. The fourth-order valence-electron chi connectivity index (χ4n) is 3.60. The van der Waals surface area contributed by atoms with E-state index in [1.54, 1.807) is 0 Å². The van der Waals surface area contributed by atoms with Crippen molar-refractivity contribution in [1.29, 1.82) is 0 Å². The van der Waals surface area contributed by atoms with Crippen LogP contribution in [0.15, 0.2) is 30.3 Å². The van der Waals surface area contributed by atoms with Crippen molar-refractivity contribution in [2.45, 2.75) is 33.1 Å². The van der Waals surface area contributed by atoms with E-state index in [1.165, 1.54) is 12.1 Å². The average molecular weight is 344 g/mol. The molecule has 1 saturated heterocycles. The van der Waals surface area contributed by atoms with Gasteiger partial charge in [0.1, 0.15) is 11.6 Å². The Morgan fingerprint density at radius 3 is 2.36 bits per heavy atom. The molecule has 5 heteroatoms. The number of amides is 1. The molecule has 1 aromatic carbocycles. The van der Waals surface area contributed by atoms with Crippen LogP contribution in [0.1, 0.15) is 28.9 Å². The van der Waals surface area contributed by atoms with E-state index in [4.69, 9.17) is 0 Å². The van der Waals surface area contributed by atoms with E-state index in [1.807, 2.05) is 30.9 Å². The highest BCUT2D eigenvalue weighted by molar-refractivity contribution is 5.79. The van der Waals surface area contributed by atoms with Gasteiger partial charge in [-0.3, -0.25) is 9.78 Å². The van der Waals surface area contributed by atoms with Gasteiger partial charge < -0.3 is 4.90 Å². The number of hydrogen-bond donors (Lipinski definition) is 0. The molecule has 1 aromatic heterocycles. The summed E-state index contributed by atoms with van der Waals surface area (Å²) in [4.78, 5) is 18.7. The van der Waals surface area contributed by atoms with E-state index < -0.39 is 11.6 Å². The second-order valence-corrected chi connectivity index (χ2v) is 6.91. The number of likely N-dealkylation sites (tertiary alicyclic amines) is 1. The van der Waals surface area contributed by atoms with Crippen LogP contribution in [-0.2, 0) is 17.6 Å². The lowest BCUT2D eigenvalue weighted by atomic mass is 9.98. The molecule has 2 aromatic rings. The molecule has 25 heavy (non-hydrogen) atoms. The van der Waals surface area contributed by atoms with Crippen molar-refractivity contribution in [1.82, 2.24) is 9.88 Å². The van der Waals surface area contributed by atoms with Crippen LogP contribution in [0.2, 0.25) is 0 Å². The number of pyridine rings is 1. The first-order valence-corrected chi connectivity index (χ1v) is 8.56. The lowest BCUT2D eigenvalue weighted by Gasteiger charge is -2.17. The zero-order valence-corrected chi connectivity index (χ0v) is 14.6. The fraction of sp³-hybridized carbons (Fsp3) is 0.400. The van der Waals surface area contributed by atoms with E-state index in [-0.39, 0.29) is 11.8 Å². The molecule has 1 aliphatic rings. The zero-order valence-electron chi connectivity index (χ0n) is 14.6. The molecular formula is C20H22F2N2O. The van der Waals surface area contributed by atoms with Crippen molar-refractivity contribution < 1.29 is 13.6 Å². The van der Waals surface area contributed by atoms with Crippen molar-refractivity contribution in [3.05, 3.63) is 64.5 Å². The summed E-state index contributed by atoms with van der Waals surface area (Å²) < 4.78 is 26.6. The maximum absolute atomic E-state index is 13.3. The third kappa shape index (κ3) is 4.62. The number of hydrogen-bond acceptors (Lipinski definition) is 2. The fourth-order valence-corrected chi connectivity index (χ4v) is 3.60. The molecule has 0 bridgehead atoms. The topological polar surface area (TPSA) is 33.2 Å². The summed E-state index contributed by atoms with van der Waals surface area (Å²) in [5.41, 5.74) is 3.45. The highest BCUT2D eigenvalue weighted by Gasteiger charge is 2.26. The average Bonchev–Trinajstić information content (AvgIpc) is 2.93. The molecule has 3 rings (SSSR count). The molecule has 1 amide bonds. The van der Waals surface area contributed by atoms with E-state index in [2.05, 4.69) is 4.98 Å². The van der Waals surface area contributed by atoms with E-state index in [9.17, 15) is 13.6 Å². The Balaban J connectivity index is 1.59. The van der Waals surface area contributed by atoms with Gasteiger partial charge in [-0.25, -0.2) is 8.78 Å². The summed E-state index contributed by atoms with van der Waals surface area (Å²) in [6, 6.07) is 7.50. The summed E-state index contributed by atoms with van der Waals surface area (Å²) in [6.45, 7) is 5.18. The molecule has 0 saturated carbocycles. The van der Waals surface area contributed by atoms with Crippen LogP contribution in [0.25, 0.3) is 0 Å². The molecule has 1 aliphatic heterocycles. The van der Waals surface area contributed by atoms with Gasteiger partial charge in [-0.15, -0.1) is 0 Å². The molecule has 0 spiro atoms. The van der Waals surface area contributed by atoms with Gasteiger partial charge >= 0.3 is 0 Å². The number of nitrogens with zero attached hydrogens (tertiary/aromatic N) is 2. The quantitative estimate of drug-likeness (QED) is 0.849. The van der Waals surface area contributed by atoms with Gasteiger partial charge in [0.25, 0.3) is 0 Å². The second kappa shape index (κ2) is 7.30. The van der Waals surface area contributed by atoms with E-state index >= 15 is 0 Å². The van der Waals surface area contributed by atoms with Crippen LogP contribution >= 0.6 is 0 Å². The van der Waals surface area contributed by atoms with Crippen molar-refractivity contribution in [2.24, 2.45) is 5.92 Å². The Morgan fingerprint density at radius 1 is 1.08 bits per heavy atom. The molecule has 2 heterocycles. The summed E-state index contributed by atoms with van der Waals surface area (Å²) in [5.74, 6) is -0.766.